The first-order valence-corrected chi connectivity index (χ1v) is 8.05. The van der Waals surface area contributed by atoms with Crippen LogP contribution >= 0.6 is 0 Å². The van der Waals surface area contributed by atoms with E-state index in [9.17, 15) is 0 Å². The number of likely N-dealkylation sites (N-methyl/N-ethyl adjacent to an activating group) is 2. The number of nitrogens with zero attached hydrogens (tertiary/aromatic N) is 1. The molecule has 110 valence electrons. The van der Waals surface area contributed by atoms with Crippen LogP contribution in [0.2, 0.25) is 0 Å². The van der Waals surface area contributed by atoms with Crippen LogP contribution in [0.5, 0.6) is 0 Å². The summed E-state index contributed by atoms with van der Waals surface area (Å²) in [5.74, 6) is -0.265. The Morgan fingerprint density at radius 2 is 1.89 bits per heavy atom. The van der Waals surface area contributed by atoms with Gasteiger partial charge >= 0.3 is 0 Å². The van der Waals surface area contributed by atoms with Crippen LogP contribution < -0.4 is 5.32 Å². The van der Waals surface area contributed by atoms with E-state index >= 15 is 0 Å². The molecule has 0 aromatic rings. The summed E-state index contributed by atoms with van der Waals surface area (Å²) in [6.45, 7) is 8.24. The number of nitrogens with one attached hydrogen (secondary N) is 1. The maximum atomic E-state index is 5.96. The van der Waals surface area contributed by atoms with Gasteiger partial charge in [-0.15, -0.1) is 0 Å². The molecule has 0 amide bonds. The molecule has 2 aliphatic carbocycles. The van der Waals surface area contributed by atoms with E-state index < -0.39 is 0 Å². The molecule has 2 saturated carbocycles. The third-order valence-electron chi connectivity index (χ3n) is 4.91. The van der Waals surface area contributed by atoms with Gasteiger partial charge in [0.25, 0.3) is 0 Å². The van der Waals surface area contributed by atoms with E-state index in [2.05, 4.69) is 24.1 Å². The molecule has 3 rings (SSSR count). The van der Waals surface area contributed by atoms with Gasteiger partial charge in [-0.25, -0.2) is 0 Å². The average molecular weight is 268 g/mol. The van der Waals surface area contributed by atoms with Gasteiger partial charge in [0.1, 0.15) is 0 Å². The molecule has 3 aliphatic rings. The van der Waals surface area contributed by atoms with Gasteiger partial charge in [0, 0.05) is 31.0 Å². The van der Waals surface area contributed by atoms with Crippen LogP contribution in [0.4, 0.5) is 0 Å². The molecule has 2 unspecified atom stereocenters. The molecule has 1 saturated heterocycles. The predicted molar refractivity (Wildman–Crippen MR) is 75.1 cm³/mol. The van der Waals surface area contributed by atoms with Crippen molar-refractivity contribution in [3.63, 3.8) is 0 Å². The second-order valence-corrected chi connectivity index (χ2v) is 6.14. The number of ether oxygens (including phenoxy) is 2. The number of hydrogen-bond acceptors (Lipinski definition) is 4. The van der Waals surface area contributed by atoms with E-state index in [-0.39, 0.29) is 5.79 Å². The molecule has 1 aliphatic heterocycles. The summed E-state index contributed by atoms with van der Waals surface area (Å²) in [7, 11) is 0. The van der Waals surface area contributed by atoms with Crippen molar-refractivity contribution in [3.05, 3.63) is 0 Å². The standard InChI is InChI=1S/C15H28N2O2/c1-3-16-13-7-8-15(18-9-10-19-15)11-14(13)17(4-2)12-5-6-12/h12-14,16H,3-11H2,1-2H3. The number of hydrogen-bond donors (Lipinski definition) is 1. The van der Waals surface area contributed by atoms with Gasteiger partial charge in [0.15, 0.2) is 5.79 Å². The lowest BCUT2D eigenvalue weighted by molar-refractivity contribution is -0.193. The lowest BCUT2D eigenvalue weighted by Crippen LogP contribution is -2.58. The monoisotopic (exact) mass is 268 g/mol. The third-order valence-corrected chi connectivity index (χ3v) is 4.91. The first kappa shape index (κ1) is 13.8. The van der Waals surface area contributed by atoms with Crippen molar-refractivity contribution in [2.24, 2.45) is 0 Å². The molecule has 0 aromatic heterocycles. The molecule has 0 radical (unpaired) electrons. The van der Waals surface area contributed by atoms with Gasteiger partial charge < -0.3 is 14.8 Å². The summed E-state index contributed by atoms with van der Waals surface area (Å²) >= 11 is 0. The van der Waals surface area contributed by atoms with Crippen molar-refractivity contribution in [2.75, 3.05) is 26.3 Å². The number of rotatable bonds is 5. The van der Waals surface area contributed by atoms with Gasteiger partial charge in [0.2, 0.25) is 0 Å². The smallest absolute Gasteiger partial charge is 0.170 e. The third kappa shape index (κ3) is 2.82. The highest BCUT2D eigenvalue weighted by atomic mass is 16.7. The van der Waals surface area contributed by atoms with Crippen LogP contribution in [0.25, 0.3) is 0 Å². The van der Waals surface area contributed by atoms with Crippen molar-refractivity contribution < 1.29 is 9.47 Å². The first-order valence-electron chi connectivity index (χ1n) is 8.05. The minimum absolute atomic E-state index is 0.265. The van der Waals surface area contributed by atoms with Crippen LogP contribution in [0, 0.1) is 0 Å². The van der Waals surface area contributed by atoms with Crippen LogP contribution in [0.1, 0.15) is 46.0 Å². The quantitative estimate of drug-likeness (QED) is 0.823. The van der Waals surface area contributed by atoms with Gasteiger partial charge in [-0.1, -0.05) is 13.8 Å². The molecule has 1 spiro atoms. The molecule has 4 heteroatoms. The highest BCUT2D eigenvalue weighted by Crippen LogP contribution is 2.40. The van der Waals surface area contributed by atoms with E-state index in [1.165, 1.54) is 19.3 Å². The lowest BCUT2D eigenvalue weighted by Gasteiger charge is -2.46. The largest absolute Gasteiger partial charge is 0.347 e. The van der Waals surface area contributed by atoms with Crippen molar-refractivity contribution in [1.82, 2.24) is 10.2 Å². The minimum atomic E-state index is -0.265. The Morgan fingerprint density at radius 3 is 2.47 bits per heavy atom. The van der Waals surface area contributed by atoms with Crippen molar-refractivity contribution in [3.8, 4) is 0 Å². The van der Waals surface area contributed by atoms with Gasteiger partial charge in [-0.3, -0.25) is 4.90 Å². The summed E-state index contributed by atoms with van der Waals surface area (Å²) in [6.07, 6.45) is 6.00. The zero-order chi connectivity index (χ0) is 13.3. The topological polar surface area (TPSA) is 33.7 Å². The predicted octanol–water partition coefficient (Wildman–Crippen LogP) is 1.74. The second-order valence-electron chi connectivity index (χ2n) is 6.14. The molecular formula is C15H28N2O2. The van der Waals surface area contributed by atoms with Crippen LogP contribution in [0.3, 0.4) is 0 Å². The average Bonchev–Trinajstić information content (AvgIpc) is 3.15. The van der Waals surface area contributed by atoms with E-state index in [1.807, 2.05) is 0 Å². The fourth-order valence-electron chi connectivity index (χ4n) is 3.91. The molecule has 1 heterocycles. The molecule has 3 fully saturated rings. The second kappa shape index (κ2) is 5.68. The van der Waals surface area contributed by atoms with Crippen LogP contribution in [-0.2, 0) is 9.47 Å². The fourth-order valence-corrected chi connectivity index (χ4v) is 3.91. The van der Waals surface area contributed by atoms with Gasteiger partial charge in [-0.2, -0.15) is 0 Å². The molecule has 0 aromatic carbocycles. The summed E-state index contributed by atoms with van der Waals surface area (Å²) in [6, 6.07) is 1.99. The molecule has 4 nitrogen and oxygen atoms in total. The molecule has 0 bridgehead atoms. The van der Waals surface area contributed by atoms with Crippen LogP contribution in [-0.4, -0.2) is 55.1 Å². The summed E-state index contributed by atoms with van der Waals surface area (Å²) in [4.78, 5) is 2.69. The Labute approximate surface area is 116 Å². The van der Waals surface area contributed by atoms with Gasteiger partial charge in [-0.05, 0) is 32.4 Å². The fraction of sp³-hybridized carbons (Fsp3) is 1.00. The molecule has 19 heavy (non-hydrogen) atoms. The Hall–Kier alpha value is -0.160. The Balaban J connectivity index is 1.73. The highest BCUT2D eigenvalue weighted by Gasteiger charge is 2.48. The van der Waals surface area contributed by atoms with Crippen LogP contribution in [0.15, 0.2) is 0 Å². The SMILES string of the molecule is CCNC1CCC2(CC1N(CC)C1CC1)OCCO2. The van der Waals surface area contributed by atoms with E-state index in [4.69, 9.17) is 9.47 Å². The molecule has 1 N–H and O–H groups in total. The van der Waals surface area contributed by atoms with Gasteiger partial charge in [0.05, 0.1) is 13.2 Å². The molecular weight excluding hydrogens is 240 g/mol. The van der Waals surface area contributed by atoms with Crippen molar-refractivity contribution >= 4 is 0 Å². The summed E-state index contributed by atoms with van der Waals surface area (Å²) < 4.78 is 11.9. The maximum absolute atomic E-state index is 5.96. The van der Waals surface area contributed by atoms with Crippen molar-refractivity contribution in [1.29, 1.82) is 0 Å². The minimum Gasteiger partial charge on any atom is -0.347 e. The Kier molecular flexibility index (Phi) is 4.13. The van der Waals surface area contributed by atoms with Crippen molar-refractivity contribution in [2.45, 2.75) is 69.9 Å². The zero-order valence-corrected chi connectivity index (χ0v) is 12.4. The summed E-state index contributed by atoms with van der Waals surface area (Å²) in [5, 5.41) is 3.69. The Bertz CT molecular complexity index is 301. The summed E-state index contributed by atoms with van der Waals surface area (Å²) in [5.41, 5.74) is 0. The first-order chi connectivity index (χ1) is 9.28. The zero-order valence-electron chi connectivity index (χ0n) is 12.4. The highest BCUT2D eigenvalue weighted by molar-refractivity contribution is 5.00. The van der Waals surface area contributed by atoms with E-state index in [0.29, 0.717) is 12.1 Å². The lowest BCUT2D eigenvalue weighted by atomic mass is 9.84. The maximum Gasteiger partial charge on any atom is 0.170 e. The molecule has 2 atom stereocenters. The van der Waals surface area contributed by atoms with E-state index in [1.54, 1.807) is 0 Å². The van der Waals surface area contributed by atoms with E-state index in [0.717, 1.165) is 45.2 Å². The Morgan fingerprint density at radius 1 is 1.16 bits per heavy atom. The normalized spacial score (nSPS) is 34.3.